The summed E-state index contributed by atoms with van der Waals surface area (Å²) in [5.74, 6) is 2.99. The first-order chi connectivity index (χ1) is 17.4. The van der Waals surface area contributed by atoms with Gasteiger partial charge in [0.1, 0.15) is 16.9 Å². The van der Waals surface area contributed by atoms with Crippen LogP contribution in [0, 0.1) is 0 Å². The molecule has 0 radical (unpaired) electrons. The number of para-hydroxylation sites is 2. The SMILES string of the molecule is COC(=O)c1ccc(C(c2c(O)c3ccccc3oc2=O)c2c(ON)oc3ccccc3c2=O)cc1. The Morgan fingerprint density at radius 3 is 2.11 bits per heavy atom. The van der Waals surface area contributed by atoms with E-state index in [0.717, 1.165) is 0 Å². The van der Waals surface area contributed by atoms with E-state index in [1.165, 1.54) is 31.4 Å². The number of ether oxygens (including phenoxy) is 1. The molecule has 5 aromatic rings. The molecule has 0 aliphatic carbocycles. The maximum Gasteiger partial charge on any atom is 0.344 e. The van der Waals surface area contributed by atoms with Gasteiger partial charge in [-0.2, -0.15) is 5.90 Å². The molecule has 3 N–H and O–H groups in total. The molecule has 3 aromatic carbocycles. The van der Waals surface area contributed by atoms with Gasteiger partial charge in [-0.05, 0) is 42.0 Å². The van der Waals surface area contributed by atoms with Crippen molar-refractivity contribution >= 4 is 27.9 Å². The van der Waals surface area contributed by atoms with Gasteiger partial charge in [-0.3, -0.25) is 4.79 Å². The molecule has 5 rings (SSSR count). The van der Waals surface area contributed by atoms with Crippen molar-refractivity contribution in [2.45, 2.75) is 5.92 Å². The number of methoxy groups -OCH3 is 1. The smallest absolute Gasteiger partial charge is 0.344 e. The zero-order chi connectivity index (χ0) is 25.4. The fourth-order valence-electron chi connectivity index (χ4n) is 4.28. The Bertz CT molecular complexity index is 1730. The minimum Gasteiger partial charge on any atom is -0.507 e. The maximum absolute atomic E-state index is 13.7. The number of carbonyl (C=O) groups excluding carboxylic acids is 1. The van der Waals surface area contributed by atoms with Gasteiger partial charge in [0.2, 0.25) is 5.43 Å². The Morgan fingerprint density at radius 2 is 1.47 bits per heavy atom. The normalized spacial score (nSPS) is 11.9. The molecule has 2 aromatic heterocycles. The van der Waals surface area contributed by atoms with Crippen LogP contribution < -0.4 is 21.8 Å². The van der Waals surface area contributed by atoms with Gasteiger partial charge >= 0.3 is 17.5 Å². The molecule has 9 nitrogen and oxygen atoms in total. The first kappa shape index (κ1) is 22.9. The average Bonchev–Trinajstić information content (AvgIpc) is 2.91. The molecule has 1 unspecified atom stereocenters. The first-order valence-electron chi connectivity index (χ1n) is 10.8. The van der Waals surface area contributed by atoms with Gasteiger partial charge in [-0.1, -0.05) is 36.4 Å². The molecule has 180 valence electrons. The van der Waals surface area contributed by atoms with E-state index in [0.29, 0.717) is 5.56 Å². The largest absolute Gasteiger partial charge is 0.507 e. The lowest BCUT2D eigenvalue weighted by molar-refractivity contribution is 0.0600. The fourth-order valence-corrected chi connectivity index (χ4v) is 4.28. The van der Waals surface area contributed by atoms with Crippen molar-refractivity contribution in [2.24, 2.45) is 5.90 Å². The second kappa shape index (κ2) is 9.05. The Hall–Kier alpha value is -4.89. The van der Waals surface area contributed by atoms with Crippen LogP contribution in [0.4, 0.5) is 0 Å². The standard InChI is InChI=1S/C27H19NO8/c1-33-25(31)15-12-10-14(11-13-15)20(21-23(29)16-6-2-4-8-18(16)34-26(21)32)22-24(30)17-7-3-5-9-19(17)35-27(22)36-28/h2-13,20,29H,28H2,1H3. The van der Waals surface area contributed by atoms with Crippen LogP contribution in [0.2, 0.25) is 0 Å². The number of hydrogen-bond acceptors (Lipinski definition) is 9. The van der Waals surface area contributed by atoms with Crippen LogP contribution in [-0.4, -0.2) is 18.2 Å². The summed E-state index contributed by atoms with van der Waals surface area (Å²) < 4.78 is 16.0. The number of hydrogen-bond donors (Lipinski definition) is 2. The van der Waals surface area contributed by atoms with Gasteiger partial charge in [0.05, 0.1) is 40.5 Å². The minimum absolute atomic E-state index is 0.125. The molecule has 1 atom stereocenters. The zero-order valence-electron chi connectivity index (χ0n) is 18.9. The minimum atomic E-state index is -1.23. The van der Waals surface area contributed by atoms with Crippen LogP contribution in [-0.2, 0) is 4.74 Å². The molecule has 2 heterocycles. The monoisotopic (exact) mass is 485 g/mol. The second-order valence-corrected chi connectivity index (χ2v) is 7.94. The third-order valence-corrected chi connectivity index (χ3v) is 5.97. The Balaban J connectivity index is 1.87. The van der Waals surface area contributed by atoms with Crippen LogP contribution in [0.3, 0.4) is 0 Å². The van der Waals surface area contributed by atoms with Crippen LogP contribution in [0.5, 0.6) is 11.7 Å². The van der Waals surface area contributed by atoms with Crippen molar-refractivity contribution in [1.82, 2.24) is 0 Å². The molecular formula is C27H19NO8. The van der Waals surface area contributed by atoms with E-state index in [9.17, 15) is 19.5 Å². The summed E-state index contributed by atoms with van der Waals surface area (Å²) in [6.45, 7) is 0. The van der Waals surface area contributed by atoms with E-state index < -0.39 is 22.9 Å². The number of fused-ring (bicyclic) bond motifs is 2. The van der Waals surface area contributed by atoms with Gasteiger partial charge in [-0.15, -0.1) is 0 Å². The molecule has 0 bridgehead atoms. The van der Waals surface area contributed by atoms with E-state index in [2.05, 4.69) is 0 Å². The number of nitrogens with two attached hydrogens (primary N) is 1. The van der Waals surface area contributed by atoms with Crippen molar-refractivity contribution in [3.8, 4) is 11.7 Å². The lowest BCUT2D eigenvalue weighted by Gasteiger charge is -2.20. The van der Waals surface area contributed by atoms with E-state index >= 15 is 0 Å². The molecule has 0 saturated heterocycles. The third-order valence-electron chi connectivity index (χ3n) is 5.97. The molecule has 0 fully saturated rings. The fraction of sp³-hybridized carbons (Fsp3) is 0.0741. The van der Waals surface area contributed by atoms with E-state index in [1.54, 1.807) is 48.5 Å². The molecule has 0 amide bonds. The highest BCUT2D eigenvalue weighted by Gasteiger charge is 2.33. The first-order valence-corrected chi connectivity index (χ1v) is 10.8. The second-order valence-electron chi connectivity index (χ2n) is 7.94. The molecule has 0 saturated carbocycles. The summed E-state index contributed by atoms with van der Waals surface area (Å²) in [7, 11) is 1.25. The molecular weight excluding hydrogens is 466 g/mol. The average molecular weight is 485 g/mol. The summed E-state index contributed by atoms with van der Waals surface area (Å²) >= 11 is 0. The molecule has 0 spiro atoms. The maximum atomic E-state index is 13.7. The third kappa shape index (κ3) is 3.68. The quantitative estimate of drug-likeness (QED) is 0.216. The van der Waals surface area contributed by atoms with Crippen molar-refractivity contribution in [3.05, 3.63) is 116 Å². The van der Waals surface area contributed by atoms with E-state index in [1.807, 2.05) is 0 Å². The van der Waals surface area contributed by atoms with E-state index in [-0.39, 0.29) is 50.3 Å². The van der Waals surface area contributed by atoms with Crippen molar-refractivity contribution in [1.29, 1.82) is 0 Å². The molecule has 36 heavy (non-hydrogen) atoms. The van der Waals surface area contributed by atoms with Gasteiger partial charge < -0.3 is 23.5 Å². The predicted molar refractivity (Wildman–Crippen MR) is 130 cm³/mol. The number of rotatable bonds is 5. The molecule has 0 aliphatic heterocycles. The summed E-state index contributed by atoms with van der Waals surface area (Å²) in [6.07, 6.45) is 0. The van der Waals surface area contributed by atoms with Crippen LogP contribution >= 0.6 is 0 Å². The molecule has 0 aliphatic rings. The van der Waals surface area contributed by atoms with Gasteiger partial charge in [0, 0.05) is 0 Å². The lowest BCUT2D eigenvalue weighted by Crippen LogP contribution is -2.23. The van der Waals surface area contributed by atoms with Gasteiger partial charge in [0.25, 0.3) is 0 Å². The van der Waals surface area contributed by atoms with Gasteiger partial charge in [-0.25, -0.2) is 9.59 Å². The summed E-state index contributed by atoms with van der Waals surface area (Å²) in [6, 6.07) is 18.9. The van der Waals surface area contributed by atoms with Crippen LogP contribution in [0.15, 0.2) is 91.2 Å². The zero-order valence-corrected chi connectivity index (χ0v) is 18.9. The Labute approximate surface area is 202 Å². The van der Waals surface area contributed by atoms with Gasteiger partial charge in [0.15, 0.2) is 0 Å². The highest BCUT2D eigenvalue weighted by atomic mass is 16.7. The summed E-state index contributed by atoms with van der Waals surface area (Å²) in [4.78, 5) is 43.9. The van der Waals surface area contributed by atoms with Crippen LogP contribution in [0.25, 0.3) is 21.9 Å². The number of benzene rings is 3. The van der Waals surface area contributed by atoms with E-state index in [4.69, 9.17) is 24.3 Å². The highest BCUT2D eigenvalue weighted by molar-refractivity contribution is 5.89. The van der Waals surface area contributed by atoms with Crippen molar-refractivity contribution in [2.75, 3.05) is 7.11 Å². The Morgan fingerprint density at radius 1 is 0.861 bits per heavy atom. The highest BCUT2D eigenvalue weighted by Crippen LogP contribution is 2.41. The topological polar surface area (TPSA) is 142 Å². The van der Waals surface area contributed by atoms with Crippen molar-refractivity contribution in [3.63, 3.8) is 0 Å². The van der Waals surface area contributed by atoms with Crippen molar-refractivity contribution < 1.29 is 28.3 Å². The lowest BCUT2D eigenvalue weighted by atomic mass is 9.84. The molecule has 9 heteroatoms. The number of esters is 1. The predicted octanol–water partition coefficient (Wildman–Crippen LogP) is 3.82. The summed E-state index contributed by atoms with van der Waals surface area (Å²) in [5, 5.41) is 11.7. The number of aromatic hydroxyl groups is 1. The Kier molecular flexibility index (Phi) is 5.75. The number of carbonyl (C=O) groups is 1. The van der Waals surface area contributed by atoms with Crippen LogP contribution in [0.1, 0.15) is 33.0 Å². The summed E-state index contributed by atoms with van der Waals surface area (Å²) in [5.41, 5.74) is -0.738.